The van der Waals surface area contributed by atoms with Crippen molar-refractivity contribution in [1.82, 2.24) is 0 Å². The molecule has 1 saturated carbocycles. The summed E-state index contributed by atoms with van der Waals surface area (Å²) in [6.45, 7) is 0. The largest absolute Gasteiger partial charge is 0.445 e. The molecular weight excluding hydrogens is 266 g/mol. The van der Waals surface area contributed by atoms with Crippen LogP contribution in [0.15, 0.2) is 35.2 Å². The van der Waals surface area contributed by atoms with Crippen LogP contribution >= 0.6 is 0 Å². The molecule has 2 atom stereocenters. The molecule has 1 aliphatic carbocycles. The molecule has 0 radical (unpaired) electrons. The molecule has 1 amide bonds. The Morgan fingerprint density at radius 3 is 2.42 bits per heavy atom. The lowest BCUT2D eigenvalue weighted by molar-refractivity contribution is 0.0850. The van der Waals surface area contributed by atoms with Gasteiger partial charge in [-0.05, 0) is 31.4 Å². The van der Waals surface area contributed by atoms with Gasteiger partial charge in [-0.15, -0.1) is 0 Å². The Bertz CT molecular complexity index is 541. The van der Waals surface area contributed by atoms with Crippen LogP contribution in [-0.4, -0.2) is 25.9 Å². The Hall–Kier alpha value is -1.56. The van der Waals surface area contributed by atoms with E-state index < -0.39 is 27.3 Å². The number of carbonyl (C=O) groups excluding carboxylic acids is 1. The Morgan fingerprint density at radius 2 is 1.79 bits per heavy atom. The third-order valence-corrected chi connectivity index (χ3v) is 5.65. The maximum atomic E-state index is 12.5. The van der Waals surface area contributed by atoms with Crippen LogP contribution in [0.4, 0.5) is 4.79 Å². The molecule has 0 aliphatic heterocycles. The van der Waals surface area contributed by atoms with Gasteiger partial charge in [-0.1, -0.05) is 24.6 Å². The maximum absolute atomic E-state index is 12.5. The molecule has 0 saturated heterocycles. The van der Waals surface area contributed by atoms with Gasteiger partial charge < -0.3 is 10.5 Å². The van der Waals surface area contributed by atoms with E-state index >= 15 is 0 Å². The van der Waals surface area contributed by atoms with Gasteiger partial charge in [-0.25, -0.2) is 13.2 Å². The van der Waals surface area contributed by atoms with Crippen molar-refractivity contribution in [3.8, 4) is 0 Å². The number of hydrogen-bond acceptors (Lipinski definition) is 4. The molecule has 0 spiro atoms. The molecule has 2 rings (SSSR count). The Morgan fingerprint density at radius 1 is 1.16 bits per heavy atom. The van der Waals surface area contributed by atoms with Crippen molar-refractivity contribution >= 4 is 15.9 Å². The molecule has 6 heteroatoms. The molecule has 104 valence electrons. The standard InChI is InChI=1S/C13H17NO4S/c14-13(15)18-11-8-4-5-9-12(11)19(16,17)10-6-2-1-3-7-10/h1-3,6-7,11-12H,4-5,8-9H2,(H2,14,15). The average molecular weight is 283 g/mol. The first kappa shape index (κ1) is 13.9. The molecule has 1 aromatic rings. The number of primary amides is 1. The quantitative estimate of drug-likeness (QED) is 0.917. The van der Waals surface area contributed by atoms with Gasteiger partial charge in [-0.3, -0.25) is 0 Å². The van der Waals surface area contributed by atoms with E-state index in [0.29, 0.717) is 12.8 Å². The first-order chi connectivity index (χ1) is 9.01. The molecule has 0 heterocycles. The fraction of sp³-hybridized carbons (Fsp3) is 0.462. The minimum Gasteiger partial charge on any atom is -0.445 e. The maximum Gasteiger partial charge on any atom is 0.404 e. The van der Waals surface area contributed by atoms with Gasteiger partial charge in [0.2, 0.25) is 0 Å². The molecule has 1 aliphatic rings. The van der Waals surface area contributed by atoms with Crippen LogP contribution in [0.2, 0.25) is 0 Å². The Kier molecular flexibility index (Phi) is 4.09. The van der Waals surface area contributed by atoms with Gasteiger partial charge in [0.15, 0.2) is 9.84 Å². The predicted molar refractivity (Wildman–Crippen MR) is 70.3 cm³/mol. The highest BCUT2D eigenvalue weighted by molar-refractivity contribution is 7.92. The summed E-state index contributed by atoms with van der Waals surface area (Å²) in [6.07, 6.45) is 1.14. The van der Waals surface area contributed by atoms with Gasteiger partial charge in [0, 0.05) is 0 Å². The van der Waals surface area contributed by atoms with Crippen molar-refractivity contribution in [2.75, 3.05) is 0 Å². The van der Waals surface area contributed by atoms with E-state index in [1.165, 1.54) is 0 Å². The van der Waals surface area contributed by atoms with Gasteiger partial charge in [0.25, 0.3) is 0 Å². The van der Waals surface area contributed by atoms with E-state index in [2.05, 4.69) is 0 Å². The van der Waals surface area contributed by atoms with Crippen LogP contribution in [0.3, 0.4) is 0 Å². The third-order valence-electron chi connectivity index (χ3n) is 3.38. The minimum atomic E-state index is -3.49. The van der Waals surface area contributed by atoms with Gasteiger partial charge in [0.05, 0.1) is 4.90 Å². The van der Waals surface area contributed by atoms with Crippen molar-refractivity contribution in [2.24, 2.45) is 5.73 Å². The van der Waals surface area contributed by atoms with Gasteiger partial charge >= 0.3 is 6.09 Å². The number of sulfone groups is 1. The molecule has 5 nitrogen and oxygen atoms in total. The highest BCUT2D eigenvalue weighted by atomic mass is 32.2. The minimum absolute atomic E-state index is 0.264. The van der Waals surface area contributed by atoms with E-state index in [4.69, 9.17) is 10.5 Å². The summed E-state index contributed by atoms with van der Waals surface area (Å²) in [5.74, 6) is 0. The number of nitrogens with two attached hydrogens (primary N) is 1. The second kappa shape index (κ2) is 5.61. The molecule has 2 unspecified atom stereocenters. The van der Waals surface area contributed by atoms with E-state index in [0.717, 1.165) is 12.8 Å². The number of ether oxygens (including phenoxy) is 1. The zero-order chi connectivity index (χ0) is 13.9. The first-order valence-electron chi connectivity index (χ1n) is 6.27. The summed E-state index contributed by atoms with van der Waals surface area (Å²) >= 11 is 0. The van der Waals surface area contributed by atoms with Crippen LogP contribution in [-0.2, 0) is 14.6 Å². The first-order valence-corrected chi connectivity index (χ1v) is 7.81. The lowest BCUT2D eigenvalue weighted by atomic mass is 9.97. The molecule has 0 bridgehead atoms. The third kappa shape index (κ3) is 3.07. The zero-order valence-electron chi connectivity index (χ0n) is 10.5. The monoisotopic (exact) mass is 283 g/mol. The zero-order valence-corrected chi connectivity index (χ0v) is 11.3. The number of rotatable bonds is 3. The number of hydrogen-bond donors (Lipinski definition) is 1. The second-order valence-electron chi connectivity index (χ2n) is 4.66. The predicted octanol–water partition coefficient (Wildman–Crippen LogP) is 1.87. The van der Waals surface area contributed by atoms with Crippen LogP contribution < -0.4 is 5.73 Å². The Balaban J connectivity index is 2.29. The lowest BCUT2D eigenvalue weighted by Crippen LogP contribution is -2.41. The summed E-state index contributed by atoms with van der Waals surface area (Å²) < 4.78 is 30.1. The number of benzene rings is 1. The smallest absolute Gasteiger partial charge is 0.404 e. The summed E-state index contributed by atoms with van der Waals surface area (Å²) in [5.41, 5.74) is 5.01. The van der Waals surface area contributed by atoms with Crippen molar-refractivity contribution in [3.63, 3.8) is 0 Å². The molecule has 0 aromatic heterocycles. The Labute approximate surface area is 112 Å². The summed E-state index contributed by atoms with van der Waals surface area (Å²) in [7, 11) is -3.49. The SMILES string of the molecule is NC(=O)OC1CCCCC1S(=O)(=O)c1ccccc1. The van der Waals surface area contributed by atoms with Crippen molar-refractivity contribution in [2.45, 2.75) is 41.9 Å². The normalized spacial score (nSPS) is 23.8. The van der Waals surface area contributed by atoms with Crippen LogP contribution in [0.1, 0.15) is 25.7 Å². The van der Waals surface area contributed by atoms with Crippen LogP contribution in [0.5, 0.6) is 0 Å². The number of amides is 1. The highest BCUT2D eigenvalue weighted by Gasteiger charge is 2.38. The van der Waals surface area contributed by atoms with Crippen molar-refractivity contribution < 1.29 is 17.9 Å². The summed E-state index contributed by atoms with van der Waals surface area (Å²) in [6, 6.07) is 8.24. The van der Waals surface area contributed by atoms with E-state index in [1.54, 1.807) is 30.3 Å². The lowest BCUT2D eigenvalue weighted by Gasteiger charge is -2.30. The van der Waals surface area contributed by atoms with Crippen LogP contribution in [0, 0.1) is 0 Å². The average Bonchev–Trinajstić information content (AvgIpc) is 2.39. The second-order valence-corrected chi connectivity index (χ2v) is 6.82. The molecule has 1 fully saturated rings. The highest BCUT2D eigenvalue weighted by Crippen LogP contribution is 2.30. The molecule has 2 N–H and O–H groups in total. The fourth-order valence-electron chi connectivity index (χ4n) is 2.49. The molecule has 1 aromatic carbocycles. The molecular formula is C13H17NO4S. The van der Waals surface area contributed by atoms with E-state index in [1.807, 2.05) is 0 Å². The van der Waals surface area contributed by atoms with E-state index in [9.17, 15) is 13.2 Å². The van der Waals surface area contributed by atoms with Crippen molar-refractivity contribution in [1.29, 1.82) is 0 Å². The topological polar surface area (TPSA) is 86.5 Å². The van der Waals surface area contributed by atoms with Gasteiger partial charge in [0.1, 0.15) is 11.4 Å². The molecule has 19 heavy (non-hydrogen) atoms. The summed E-state index contributed by atoms with van der Waals surface area (Å²) in [4.78, 5) is 11.1. The fourth-order valence-corrected chi connectivity index (χ4v) is 4.44. The van der Waals surface area contributed by atoms with Gasteiger partial charge in [-0.2, -0.15) is 0 Å². The number of carbonyl (C=O) groups is 1. The summed E-state index contributed by atoms with van der Waals surface area (Å²) in [5, 5.41) is -0.698. The van der Waals surface area contributed by atoms with Crippen LogP contribution in [0.25, 0.3) is 0 Å². The van der Waals surface area contributed by atoms with Crippen molar-refractivity contribution in [3.05, 3.63) is 30.3 Å². The van der Waals surface area contributed by atoms with E-state index in [-0.39, 0.29) is 4.90 Å².